The van der Waals surface area contributed by atoms with E-state index in [1.165, 1.54) is 23.0 Å². The van der Waals surface area contributed by atoms with Crippen molar-refractivity contribution in [1.29, 1.82) is 0 Å². The van der Waals surface area contributed by atoms with Gasteiger partial charge in [0.2, 0.25) is 4.77 Å². The first-order valence-corrected chi connectivity index (χ1v) is 7.64. The topological polar surface area (TPSA) is 46.0 Å². The Labute approximate surface area is 146 Å². The molecule has 0 aliphatic carbocycles. The predicted molar refractivity (Wildman–Crippen MR) is 92.3 cm³/mol. The van der Waals surface area contributed by atoms with Crippen LogP contribution in [0.3, 0.4) is 0 Å². The molecule has 0 saturated heterocycles. The zero-order valence-electron chi connectivity index (χ0n) is 11.5. The summed E-state index contributed by atoms with van der Waals surface area (Å²) in [5.74, 6) is 0.0136. The van der Waals surface area contributed by atoms with Gasteiger partial charge in [0, 0.05) is 16.1 Å². The van der Waals surface area contributed by atoms with Crippen LogP contribution in [0.4, 0.5) is 4.39 Å². The van der Waals surface area contributed by atoms with E-state index in [-0.39, 0.29) is 15.4 Å². The molecule has 2 aromatic carbocycles. The normalized spacial score (nSPS) is 11.3. The largest absolute Gasteiger partial charge is 0.250 e. The van der Waals surface area contributed by atoms with Crippen LogP contribution in [0.1, 0.15) is 5.56 Å². The van der Waals surface area contributed by atoms with Gasteiger partial charge in [-0.25, -0.2) is 9.49 Å². The minimum atomic E-state index is -0.468. The van der Waals surface area contributed by atoms with Crippen LogP contribution in [-0.4, -0.2) is 21.1 Å². The number of halogens is 3. The van der Waals surface area contributed by atoms with Crippen molar-refractivity contribution >= 4 is 41.6 Å². The van der Waals surface area contributed by atoms with Crippen molar-refractivity contribution in [2.45, 2.75) is 0 Å². The van der Waals surface area contributed by atoms with Crippen LogP contribution in [0.25, 0.3) is 11.4 Å². The number of nitrogens with one attached hydrogen (secondary N) is 1. The second kappa shape index (κ2) is 6.62. The number of H-pyrrole nitrogens is 1. The van der Waals surface area contributed by atoms with Gasteiger partial charge in [-0.15, -0.1) is 0 Å². The van der Waals surface area contributed by atoms with E-state index in [1.54, 1.807) is 30.3 Å². The van der Waals surface area contributed by atoms with Crippen molar-refractivity contribution in [1.82, 2.24) is 14.9 Å². The molecule has 0 saturated carbocycles. The number of nitrogens with zero attached hydrogens (tertiary/aromatic N) is 3. The second-order valence-corrected chi connectivity index (χ2v) is 5.78. The fraction of sp³-hybridized carbons (Fsp3) is 0. The Morgan fingerprint density at radius 1 is 1.17 bits per heavy atom. The Kier molecular flexibility index (Phi) is 4.56. The van der Waals surface area contributed by atoms with Crippen molar-refractivity contribution in [2.24, 2.45) is 5.10 Å². The van der Waals surface area contributed by atoms with Gasteiger partial charge in [-0.05, 0) is 48.6 Å². The monoisotopic (exact) mass is 366 g/mol. The van der Waals surface area contributed by atoms with Gasteiger partial charge in [0.25, 0.3) is 0 Å². The summed E-state index contributed by atoms with van der Waals surface area (Å²) in [5.41, 5.74) is 0.942. The quantitative estimate of drug-likeness (QED) is 0.527. The maximum absolute atomic E-state index is 13.8. The van der Waals surface area contributed by atoms with Crippen molar-refractivity contribution in [3.8, 4) is 11.4 Å². The molecule has 116 valence electrons. The summed E-state index contributed by atoms with van der Waals surface area (Å²) in [6, 6.07) is 11.5. The van der Waals surface area contributed by atoms with Gasteiger partial charge in [-0.2, -0.15) is 14.9 Å². The lowest BCUT2D eigenvalue weighted by Gasteiger charge is -2.02. The molecule has 0 unspecified atom stereocenters. The van der Waals surface area contributed by atoms with Gasteiger partial charge in [-0.1, -0.05) is 29.3 Å². The lowest BCUT2D eigenvalue weighted by Crippen LogP contribution is -1.97. The maximum atomic E-state index is 13.8. The molecule has 1 heterocycles. The SMILES string of the molecule is Fc1cccc(Cl)c1/C=N\n1c(-c2ccc(Cl)cc2)n[nH]c1=S. The summed E-state index contributed by atoms with van der Waals surface area (Å²) in [4.78, 5) is 0. The minimum Gasteiger partial charge on any atom is -0.250 e. The lowest BCUT2D eigenvalue weighted by molar-refractivity contribution is 0.625. The Hall–Kier alpha value is -2.02. The van der Waals surface area contributed by atoms with Gasteiger partial charge < -0.3 is 0 Å². The van der Waals surface area contributed by atoms with E-state index in [0.29, 0.717) is 10.8 Å². The summed E-state index contributed by atoms with van der Waals surface area (Å²) in [6.45, 7) is 0. The summed E-state index contributed by atoms with van der Waals surface area (Å²) < 4.78 is 15.5. The molecule has 0 aliphatic rings. The number of benzene rings is 2. The van der Waals surface area contributed by atoms with Crippen LogP contribution in [0.15, 0.2) is 47.6 Å². The maximum Gasteiger partial charge on any atom is 0.216 e. The molecule has 8 heteroatoms. The average Bonchev–Trinajstić information content (AvgIpc) is 2.89. The molecule has 0 fully saturated rings. The zero-order valence-corrected chi connectivity index (χ0v) is 13.8. The Morgan fingerprint density at radius 2 is 1.91 bits per heavy atom. The highest BCUT2D eigenvalue weighted by Gasteiger charge is 2.09. The molecule has 3 rings (SSSR count). The minimum absolute atomic E-state index is 0.180. The van der Waals surface area contributed by atoms with E-state index in [2.05, 4.69) is 15.3 Å². The molecule has 0 bridgehead atoms. The molecule has 1 N–H and O–H groups in total. The Balaban J connectivity index is 2.04. The molecule has 0 radical (unpaired) electrons. The number of hydrogen-bond donors (Lipinski definition) is 1. The molecule has 0 aliphatic heterocycles. The fourth-order valence-corrected chi connectivity index (χ4v) is 2.45. The van der Waals surface area contributed by atoms with Crippen LogP contribution >= 0.6 is 35.4 Å². The van der Waals surface area contributed by atoms with E-state index in [0.717, 1.165) is 5.56 Å². The molecule has 1 aromatic heterocycles. The van der Waals surface area contributed by atoms with E-state index in [1.807, 2.05) is 0 Å². The summed E-state index contributed by atoms with van der Waals surface area (Å²) in [7, 11) is 0. The number of rotatable bonds is 3. The molecule has 0 amide bonds. The fourth-order valence-electron chi connectivity index (χ4n) is 1.93. The van der Waals surface area contributed by atoms with Crippen molar-refractivity contribution in [3.63, 3.8) is 0 Å². The third-order valence-corrected chi connectivity index (χ3v) is 3.90. The van der Waals surface area contributed by atoms with E-state index in [9.17, 15) is 4.39 Å². The van der Waals surface area contributed by atoms with E-state index in [4.69, 9.17) is 35.4 Å². The van der Waals surface area contributed by atoms with Crippen LogP contribution in [-0.2, 0) is 0 Å². The van der Waals surface area contributed by atoms with Crippen LogP contribution in [0, 0.1) is 10.6 Å². The smallest absolute Gasteiger partial charge is 0.216 e. The first-order valence-electron chi connectivity index (χ1n) is 6.48. The highest BCUT2D eigenvalue weighted by molar-refractivity contribution is 7.71. The number of aromatic nitrogens is 3. The number of aromatic amines is 1. The van der Waals surface area contributed by atoms with Crippen LogP contribution < -0.4 is 0 Å². The summed E-state index contributed by atoms with van der Waals surface area (Å²) in [6.07, 6.45) is 1.31. The predicted octanol–water partition coefficient (Wildman–Crippen LogP) is 4.94. The Morgan fingerprint density at radius 3 is 2.61 bits per heavy atom. The van der Waals surface area contributed by atoms with E-state index < -0.39 is 5.82 Å². The third kappa shape index (κ3) is 3.34. The molecule has 23 heavy (non-hydrogen) atoms. The van der Waals surface area contributed by atoms with Crippen molar-refractivity contribution in [2.75, 3.05) is 0 Å². The molecule has 4 nitrogen and oxygen atoms in total. The standard InChI is InChI=1S/C15H9Cl2FN4S/c16-10-6-4-9(5-7-10)14-20-21-15(23)22(14)19-8-11-12(17)2-1-3-13(11)18/h1-8H,(H,21,23)/b19-8-. The van der Waals surface area contributed by atoms with Gasteiger partial charge in [0.15, 0.2) is 5.82 Å². The first kappa shape index (κ1) is 15.9. The summed E-state index contributed by atoms with van der Waals surface area (Å²) in [5, 5.41) is 11.9. The highest BCUT2D eigenvalue weighted by atomic mass is 35.5. The molecule has 0 spiro atoms. The van der Waals surface area contributed by atoms with Crippen molar-refractivity contribution in [3.05, 3.63) is 68.7 Å². The first-order chi connectivity index (χ1) is 11.1. The van der Waals surface area contributed by atoms with Gasteiger partial charge >= 0.3 is 0 Å². The van der Waals surface area contributed by atoms with Crippen LogP contribution in [0.2, 0.25) is 10.0 Å². The zero-order chi connectivity index (χ0) is 16.4. The highest BCUT2D eigenvalue weighted by Crippen LogP contribution is 2.21. The molecule has 0 atom stereocenters. The van der Waals surface area contributed by atoms with Gasteiger partial charge in [-0.3, -0.25) is 0 Å². The molecular formula is C15H9Cl2FN4S. The average molecular weight is 367 g/mol. The van der Waals surface area contributed by atoms with E-state index >= 15 is 0 Å². The molecule has 3 aromatic rings. The van der Waals surface area contributed by atoms with Crippen LogP contribution in [0.5, 0.6) is 0 Å². The van der Waals surface area contributed by atoms with Gasteiger partial charge in [0.1, 0.15) is 5.82 Å². The lowest BCUT2D eigenvalue weighted by atomic mass is 10.2. The number of hydrogen-bond acceptors (Lipinski definition) is 3. The summed E-state index contributed by atoms with van der Waals surface area (Å²) >= 11 is 17.0. The second-order valence-electron chi connectivity index (χ2n) is 4.55. The Bertz CT molecular complexity index is 911. The van der Waals surface area contributed by atoms with Crippen molar-refractivity contribution < 1.29 is 4.39 Å². The van der Waals surface area contributed by atoms with Gasteiger partial charge in [0.05, 0.1) is 11.2 Å². The third-order valence-electron chi connectivity index (χ3n) is 3.05. The molecular weight excluding hydrogens is 358 g/mol.